The van der Waals surface area contributed by atoms with Gasteiger partial charge in [0.2, 0.25) is 0 Å². The first-order valence-electron chi connectivity index (χ1n) is 5.89. The summed E-state index contributed by atoms with van der Waals surface area (Å²) >= 11 is 1.61. The van der Waals surface area contributed by atoms with Crippen molar-refractivity contribution < 1.29 is 4.74 Å². The van der Waals surface area contributed by atoms with Crippen molar-refractivity contribution in [2.24, 2.45) is 7.05 Å². The molecule has 0 aliphatic heterocycles. The molecule has 0 saturated heterocycles. The molecule has 0 spiro atoms. The number of hydrogen-bond acceptors (Lipinski definition) is 6. The van der Waals surface area contributed by atoms with Crippen LogP contribution in [0.25, 0.3) is 0 Å². The molecule has 6 nitrogen and oxygen atoms in total. The van der Waals surface area contributed by atoms with Crippen molar-refractivity contribution in [1.82, 2.24) is 25.1 Å². The van der Waals surface area contributed by atoms with Crippen LogP contribution in [-0.4, -0.2) is 33.9 Å². The second kappa shape index (κ2) is 9.83. The van der Waals surface area contributed by atoms with Crippen LogP contribution >= 0.6 is 36.6 Å². The number of halogens is 2. The molecule has 9 heteroatoms. The molecular formula is C12H19Cl2N5OS. The van der Waals surface area contributed by atoms with Crippen molar-refractivity contribution in [2.45, 2.75) is 17.5 Å². The number of nitrogens with one attached hydrogen (secondary N) is 1. The monoisotopic (exact) mass is 351 g/mol. The van der Waals surface area contributed by atoms with E-state index in [0.717, 1.165) is 28.2 Å². The summed E-state index contributed by atoms with van der Waals surface area (Å²) in [4.78, 5) is 4.30. The third-order valence-corrected chi connectivity index (χ3v) is 3.69. The molecule has 0 saturated carbocycles. The summed E-state index contributed by atoms with van der Waals surface area (Å²) in [6, 6.07) is 3.76. The fraction of sp³-hybridized carbons (Fsp3) is 0.417. The van der Waals surface area contributed by atoms with Crippen LogP contribution in [0.15, 0.2) is 23.5 Å². The van der Waals surface area contributed by atoms with Crippen LogP contribution in [-0.2, 0) is 19.3 Å². The van der Waals surface area contributed by atoms with Gasteiger partial charge in [-0.2, -0.15) is 0 Å². The minimum absolute atomic E-state index is 0. The zero-order valence-corrected chi connectivity index (χ0v) is 14.5. The molecule has 0 aliphatic carbocycles. The second-order valence-electron chi connectivity index (χ2n) is 3.96. The van der Waals surface area contributed by atoms with Gasteiger partial charge >= 0.3 is 0 Å². The molecule has 0 aliphatic rings. The Labute approximate surface area is 140 Å². The Morgan fingerprint density at radius 2 is 2.10 bits per heavy atom. The average Bonchev–Trinajstić information content (AvgIpc) is 2.78. The van der Waals surface area contributed by atoms with Gasteiger partial charge in [-0.3, -0.25) is 4.98 Å². The van der Waals surface area contributed by atoms with Crippen molar-refractivity contribution >= 4 is 36.6 Å². The molecule has 0 fully saturated rings. The summed E-state index contributed by atoms with van der Waals surface area (Å²) in [5, 5.41) is 12.3. The van der Waals surface area contributed by atoms with Gasteiger partial charge in [0.25, 0.3) is 0 Å². The summed E-state index contributed by atoms with van der Waals surface area (Å²) < 4.78 is 7.16. The van der Waals surface area contributed by atoms with Gasteiger partial charge in [0.15, 0.2) is 5.16 Å². The predicted molar refractivity (Wildman–Crippen MR) is 88.6 cm³/mol. The van der Waals surface area contributed by atoms with Crippen LogP contribution in [0.3, 0.4) is 0 Å². The van der Waals surface area contributed by atoms with Gasteiger partial charge < -0.3 is 14.6 Å². The highest BCUT2D eigenvalue weighted by Gasteiger charge is 2.09. The molecule has 0 aromatic carbocycles. The van der Waals surface area contributed by atoms with Crippen molar-refractivity contribution in [1.29, 1.82) is 0 Å². The lowest BCUT2D eigenvalue weighted by Crippen LogP contribution is -2.10. The minimum Gasteiger partial charge on any atom is -0.497 e. The average molecular weight is 352 g/mol. The molecule has 21 heavy (non-hydrogen) atoms. The summed E-state index contributed by atoms with van der Waals surface area (Å²) in [5.74, 6) is 2.48. The molecule has 0 bridgehead atoms. The van der Waals surface area contributed by atoms with E-state index in [0.29, 0.717) is 6.54 Å². The van der Waals surface area contributed by atoms with E-state index in [2.05, 4.69) is 20.5 Å². The summed E-state index contributed by atoms with van der Waals surface area (Å²) in [7, 11) is 5.51. The molecule has 0 radical (unpaired) electrons. The smallest absolute Gasteiger partial charge is 0.191 e. The van der Waals surface area contributed by atoms with E-state index >= 15 is 0 Å². The molecule has 2 rings (SSSR count). The lowest BCUT2D eigenvalue weighted by Gasteiger charge is -2.04. The number of hydrogen-bond donors (Lipinski definition) is 1. The highest BCUT2D eigenvalue weighted by molar-refractivity contribution is 7.98. The number of methoxy groups -OCH3 is 1. The van der Waals surface area contributed by atoms with Crippen LogP contribution in [0.4, 0.5) is 0 Å². The van der Waals surface area contributed by atoms with Crippen LogP contribution in [0, 0.1) is 0 Å². The number of pyridine rings is 1. The van der Waals surface area contributed by atoms with Crippen molar-refractivity contribution in [3.63, 3.8) is 0 Å². The van der Waals surface area contributed by atoms with E-state index < -0.39 is 0 Å². The highest BCUT2D eigenvalue weighted by atomic mass is 35.5. The first-order chi connectivity index (χ1) is 9.24. The van der Waals surface area contributed by atoms with Gasteiger partial charge in [-0.25, -0.2) is 0 Å². The molecule has 2 aromatic rings. The zero-order valence-electron chi connectivity index (χ0n) is 12.1. The fourth-order valence-corrected chi connectivity index (χ4v) is 2.42. The van der Waals surface area contributed by atoms with Crippen molar-refractivity contribution in [3.05, 3.63) is 29.8 Å². The van der Waals surface area contributed by atoms with Gasteiger partial charge in [-0.1, -0.05) is 11.8 Å². The van der Waals surface area contributed by atoms with Gasteiger partial charge in [0.05, 0.1) is 19.3 Å². The number of rotatable bonds is 6. The van der Waals surface area contributed by atoms with Crippen molar-refractivity contribution in [2.75, 3.05) is 14.2 Å². The maximum absolute atomic E-state index is 5.18. The topological polar surface area (TPSA) is 64.9 Å². The summed E-state index contributed by atoms with van der Waals surface area (Å²) in [5.41, 5.74) is 0.961. The Bertz CT molecular complexity index is 552. The van der Waals surface area contributed by atoms with E-state index in [1.165, 1.54) is 0 Å². The maximum Gasteiger partial charge on any atom is 0.191 e. The number of ether oxygens (including phenoxy) is 1. The number of nitrogens with zero attached hydrogens (tertiary/aromatic N) is 4. The van der Waals surface area contributed by atoms with E-state index in [-0.39, 0.29) is 24.8 Å². The zero-order chi connectivity index (χ0) is 13.7. The van der Waals surface area contributed by atoms with E-state index in [4.69, 9.17) is 4.74 Å². The van der Waals surface area contributed by atoms with Crippen LogP contribution in [0.2, 0.25) is 0 Å². The molecule has 2 heterocycles. The third kappa shape index (κ3) is 5.35. The highest BCUT2D eigenvalue weighted by Crippen LogP contribution is 2.21. The quantitative estimate of drug-likeness (QED) is 0.803. The van der Waals surface area contributed by atoms with Crippen molar-refractivity contribution in [3.8, 4) is 5.75 Å². The van der Waals surface area contributed by atoms with E-state index in [1.54, 1.807) is 25.1 Å². The molecule has 1 N–H and O–H groups in total. The van der Waals surface area contributed by atoms with Gasteiger partial charge in [0.1, 0.15) is 11.6 Å². The van der Waals surface area contributed by atoms with Crippen LogP contribution < -0.4 is 10.1 Å². The van der Waals surface area contributed by atoms with Crippen LogP contribution in [0.5, 0.6) is 5.75 Å². The first-order valence-corrected chi connectivity index (χ1v) is 6.87. The van der Waals surface area contributed by atoms with Gasteiger partial charge in [-0.05, 0) is 13.1 Å². The van der Waals surface area contributed by atoms with Gasteiger partial charge in [-0.15, -0.1) is 35.0 Å². The number of aromatic nitrogens is 4. The maximum atomic E-state index is 5.18. The normalized spacial score (nSPS) is 9.67. The third-order valence-electron chi connectivity index (χ3n) is 2.63. The Kier molecular flexibility index (Phi) is 9.36. The Morgan fingerprint density at radius 1 is 1.33 bits per heavy atom. The van der Waals surface area contributed by atoms with E-state index in [1.807, 2.05) is 30.8 Å². The fourth-order valence-electron chi connectivity index (χ4n) is 1.58. The minimum atomic E-state index is 0. The Hall–Kier alpha value is -1.02. The predicted octanol–water partition coefficient (Wildman–Crippen LogP) is 2.07. The Morgan fingerprint density at radius 3 is 2.76 bits per heavy atom. The summed E-state index contributed by atoms with van der Waals surface area (Å²) in [6.07, 6.45) is 1.75. The molecule has 2 aromatic heterocycles. The first kappa shape index (κ1) is 20.0. The molecule has 0 amide bonds. The largest absolute Gasteiger partial charge is 0.497 e. The summed E-state index contributed by atoms with van der Waals surface area (Å²) in [6.45, 7) is 0.710. The SMILES string of the molecule is CNCc1nnc(SCc2cc(OC)ccn2)n1C.Cl.Cl. The lowest BCUT2D eigenvalue weighted by atomic mass is 10.3. The lowest BCUT2D eigenvalue weighted by molar-refractivity contribution is 0.413. The number of thioether (sulfide) groups is 1. The standard InChI is InChI=1S/C12H17N5OS.2ClH/c1-13-7-11-15-16-12(17(11)2)19-8-9-6-10(18-3)4-5-14-9;;/h4-6,13H,7-8H2,1-3H3;2*1H. The van der Waals surface area contributed by atoms with E-state index in [9.17, 15) is 0 Å². The second-order valence-corrected chi connectivity index (χ2v) is 4.91. The molecule has 0 unspecified atom stereocenters. The molecule has 0 atom stereocenters. The van der Waals surface area contributed by atoms with Gasteiger partial charge in [0, 0.05) is 25.1 Å². The Balaban J connectivity index is 0.00000200. The molecule has 118 valence electrons. The van der Waals surface area contributed by atoms with Crippen LogP contribution in [0.1, 0.15) is 11.5 Å². The molecular weight excluding hydrogens is 333 g/mol.